The van der Waals surface area contributed by atoms with Crippen LogP contribution in [0, 0.1) is 0 Å². The third-order valence-electron chi connectivity index (χ3n) is 5.32. The van der Waals surface area contributed by atoms with Crippen LogP contribution in [0.3, 0.4) is 0 Å². The van der Waals surface area contributed by atoms with E-state index in [2.05, 4.69) is 11.8 Å². The molecule has 2 bridgehead atoms. The standard InChI is InChI=1S/C14H26N2/c1-14(7-3-2-4-8-14)16-12-5-6-13(16)10-11(15)9-12/h11-13H,2-10,15H2,1H3. The lowest BCUT2D eigenvalue weighted by atomic mass is 9.79. The summed E-state index contributed by atoms with van der Waals surface area (Å²) in [6.07, 6.45) is 12.5. The largest absolute Gasteiger partial charge is 0.328 e. The van der Waals surface area contributed by atoms with E-state index in [1.807, 2.05) is 0 Å². The van der Waals surface area contributed by atoms with Crippen molar-refractivity contribution in [1.29, 1.82) is 0 Å². The predicted molar refractivity (Wildman–Crippen MR) is 67.3 cm³/mol. The molecule has 2 saturated heterocycles. The average Bonchev–Trinajstić information content (AvgIpc) is 2.54. The predicted octanol–water partition coefficient (Wildman–Crippen LogP) is 2.66. The highest BCUT2D eigenvalue weighted by atomic mass is 15.3. The summed E-state index contributed by atoms with van der Waals surface area (Å²) in [5, 5.41) is 0. The molecule has 2 N–H and O–H groups in total. The Labute approximate surface area is 99.6 Å². The summed E-state index contributed by atoms with van der Waals surface area (Å²) in [7, 11) is 0. The normalized spacial score (nSPS) is 43.5. The molecule has 0 aromatic carbocycles. The number of fused-ring (bicyclic) bond motifs is 2. The van der Waals surface area contributed by atoms with Gasteiger partial charge in [-0.05, 0) is 45.4 Å². The van der Waals surface area contributed by atoms with E-state index >= 15 is 0 Å². The highest BCUT2D eigenvalue weighted by molar-refractivity contribution is 5.04. The van der Waals surface area contributed by atoms with Gasteiger partial charge in [0.2, 0.25) is 0 Å². The molecule has 2 aliphatic heterocycles. The zero-order valence-electron chi connectivity index (χ0n) is 10.6. The molecule has 3 aliphatic rings. The van der Waals surface area contributed by atoms with Gasteiger partial charge in [-0.1, -0.05) is 19.3 Å². The lowest BCUT2D eigenvalue weighted by Gasteiger charge is -2.51. The molecule has 2 unspecified atom stereocenters. The van der Waals surface area contributed by atoms with Gasteiger partial charge in [-0.25, -0.2) is 0 Å². The van der Waals surface area contributed by atoms with Crippen LogP contribution in [0.5, 0.6) is 0 Å². The van der Waals surface area contributed by atoms with E-state index in [-0.39, 0.29) is 0 Å². The molecule has 1 aliphatic carbocycles. The molecular weight excluding hydrogens is 196 g/mol. The van der Waals surface area contributed by atoms with Crippen LogP contribution in [0.2, 0.25) is 0 Å². The maximum Gasteiger partial charge on any atom is 0.0187 e. The molecule has 3 rings (SSSR count). The first-order valence-corrected chi connectivity index (χ1v) is 7.23. The Hall–Kier alpha value is -0.0800. The van der Waals surface area contributed by atoms with Crippen molar-refractivity contribution in [1.82, 2.24) is 4.90 Å². The highest BCUT2D eigenvalue weighted by Crippen LogP contribution is 2.45. The molecule has 16 heavy (non-hydrogen) atoms. The molecule has 3 fully saturated rings. The minimum absolute atomic E-state index is 0.487. The molecule has 0 aromatic rings. The van der Waals surface area contributed by atoms with Crippen LogP contribution >= 0.6 is 0 Å². The van der Waals surface area contributed by atoms with Gasteiger partial charge in [0.25, 0.3) is 0 Å². The van der Waals surface area contributed by atoms with E-state index in [4.69, 9.17) is 5.73 Å². The van der Waals surface area contributed by atoms with Crippen LogP contribution in [0.25, 0.3) is 0 Å². The molecule has 2 heterocycles. The number of hydrogen-bond acceptors (Lipinski definition) is 2. The average molecular weight is 222 g/mol. The van der Waals surface area contributed by atoms with Crippen LogP contribution in [-0.4, -0.2) is 28.6 Å². The van der Waals surface area contributed by atoms with Crippen molar-refractivity contribution in [3.05, 3.63) is 0 Å². The lowest BCUT2D eigenvalue weighted by molar-refractivity contribution is -0.00786. The topological polar surface area (TPSA) is 29.3 Å². The van der Waals surface area contributed by atoms with Gasteiger partial charge in [0.05, 0.1) is 0 Å². The van der Waals surface area contributed by atoms with Gasteiger partial charge in [-0.15, -0.1) is 0 Å². The van der Waals surface area contributed by atoms with Crippen molar-refractivity contribution in [2.24, 2.45) is 5.73 Å². The van der Waals surface area contributed by atoms with E-state index in [1.54, 1.807) is 0 Å². The Kier molecular flexibility index (Phi) is 2.75. The van der Waals surface area contributed by atoms with Crippen LogP contribution in [-0.2, 0) is 0 Å². The fraction of sp³-hybridized carbons (Fsp3) is 1.00. The summed E-state index contributed by atoms with van der Waals surface area (Å²) in [5.41, 5.74) is 6.68. The second-order valence-corrected chi connectivity index (χ2v) is 6.58. The van der Waals surface area contributed by atoms with Gasteiger partial charge < -0.3 is 5.73 Å². The van der Waals surface area contributed by atoms with Gasteiger partial charge >= 0.3 is 0 Å². The Morgan fingerprint density at radius 3 is 2.12 bits per heavy atom. The smallest absolute Gasteiger partial charge is 0.0187 e. The summed E-state index contributed by atoms with van der Waals surface area (Å²) in [5.74, 6) is 0. The van der Waals surface area contributed by atoms with Crippen LogP contribution in [0.4, 0.5) is 0 Å². The van der Waals surface area contributed by atoms with Crippen LogP contribution in [0.1, 0.15) is 64.7 Å². The quantitative estimate of drug-likeness (QED) is 0.739. The second kappa shape index (κ2) is 3.99. The second-order valence-electron chi connectivity index (χ2n) is 6.58. The maximum absolute atomic E-state index is 6.16. The lowest BCUT2D eigenvalue weighted by Crippen LogP contribution is -2.58. The molecule has 92 valence electrons. The SMILES string of the molecule is CC1(N2C3CCC2CC(N)C3)CCCCC1. The van der Waals surface area contributed by atoms with Crippen molar-refractivity contribution >= 4 is 0 Å². The molecule has 1 saturated carbocycles. The van der Waals surface area contributed by atoms with Crippen LogP contribution < -0.4 is 5.73 Å². The molecule has 0 aromatic heterocycles. The fourth-order valence-electron chi connectivity index (χ4n) is 4.67. The van der Waals surface area contributed by atoms with E-state index < -0.39 is 0 Å². The van der Waals surface area contributed by atoms with E-state index in [0.717, 1.165) is 12.1 Å². The first kappa shape index (κ1) is 11.0. The summed E-state index contributed by atoms with van der Waals surface area (Å²) >= 11 is 0. The fourth-order valence-corrected chi connectivity index (χ4v) is 4.67. The van der Waals surface area contributed by atoms with Gasteiger partial charge in [0.15, 0.2) is 0 Å². The number of hydrogen-bond donors (Lipinski definition) is 1. The molecule has 0 amide bonds. The number of rotatable bonds is 1. The number of piperidine rings is 1. The van der Waals surface area contributed by atoms with Crippen molar-refractivity contribution in [3.63, 3.8) is 0 Å². The third kappa shape index (κ3) is 1.70. The van der Waals surface area contributed by atoms with Crippen molar-refractivity contribution in [3.8, 4) is 0 Å². The molecule has 2 nitrogen and oxygen atoms in total. The molecule has 2 atom stereocenters. The number of nitrogens with two attached hydrogens (primary N) is 1. The monoisotopic (exact) mass is 222 g/mol. The first-order chi connectivity index (χ1) is 7.69. The van der Waals surface area contributed by atoms with Gasteiger partial charge in [0, 0.05) is 23.7 Å². The minimum Gasteiger partial charge on any atom is -0.328 e. The van der Waals surface area contributed by atoms with E-state index in [1.165, 1.54) is 57.8 Å². The Morgan fingerprint density at radius 1 is 1.00 bits per heavy atom. The number of nitrogens with zero attached hydrogens (tertiary/aromatic N) is 1. The third-order valence-corrected chi connectivity index (χ3v) is 5.32. The van der Waals surface area contributed by atoms with Crippen molar-refractivity contribution < 1.29 is 0 Å². The minimum atomic E-state index is 0.487. The zero-order valence-corrected chi connectivity index (χ0v) is 10.6. The van der Waals surface area contributed by atoms with Crippen LogP contribution in [0.15, 0.2) is 0 Å². The van der Waals surface area contributed by atoms with Gasteiger partial charge in [-0.2, -0.15) is 0 Å². The summed E-state index contributed by atoms with van der Waals surface area (Å²) in [6, 6.07) is 2.12. The van der Waals surface area contributed by atoms with Crippen molar-refractivity contribution in [2.75, 3.05) is 0 Å². The molecule has 0 spiro atoms. The first-order valence-electron chi connectivity index (χ1n) is 7.23. The molecular formula is C14H26N2. The molecule has 2 heteroatoms. The maximum atomic E-state index is 6.16. The summed E-state index contributed by atoms with van der Waals surface area (Å²) in [4.78, 5) is 2.90. The Balaban J connectivity index is 1.79. The Bertz CT molecular complexity index is 243. The Morgan fingerprint density at radius 2 is 1.56 bits per heavy atom. The van der Waals surface area contributed by atoms with E-state index in [0.29, 0.717) is 11.6 Å². The van der Waals surface area contributed by atoms with Gasteiger partial charge in [-0.3, -0.25) is 4.90 Å². The highest BCUT2D eigenvalue weighted by Gasteiger charge is 2.47. The summed E-state index contributed by atoms with van der Waals surface area (Å²) in [6.45, 7) is 2.52. The zero-order chi connectivity index (χ0) is 11.2. The summed E-state index contributed by atoms with van der Waals surface area (Å²) < 4.78 is 0. The van der Waals surface area contributed by atoms with Crippen molar-refractivity contribution in [2.45, 2.75) is 88.4 Å². The van der Waals surface area contributed by atoms with E-state index in [9.17, 15) is 0 Å². The molecule has 0 radical (unpaired) electrons. The van der Waals surface area contributed by atoms with Gasteiger partial charge in [0.1, 0.15) is 0 Å².